The van der Waals surface area contributed by atoms with Crippen LogP contribution >= 0.6 is 0 Å². The summed E-state index contributed by atoms with van der Waals surface area (Å²) in [6.07, 6.45) is 1.26. The van der Waals surface area contributed by atoms with Crippen molar-refractivity contribution in [2.45, 2.75) is 6.10 Å². The number of nitrogens with zero attached hydrogens (tertiary/aromatic N) is 2. The van der Waals surface area contributed by atoms with Crippen molar-refractivity contribution in [1.29, 1.82) is 0 Å². The fraction of sp³-hybridized carbons (Fsp3) is 0.529. The maximum atomic E-state index is 9.94. The molecule has 1 unspecified atom stereocenters. The smallest absolute Gasteiger partial charge is 0.119 e. The Kier molecular flexibility index (Phi) is 6.71. The number of methoxy groups -OCH3 is 1. The van der Waals surface area contributed by atoms with Gasteiger partial charge in [-0.05, 0) is 24.3 Å². The summed E-state index contributed by atoms with van der Waals surface area (Å²) < 4.78 is 10.5. The van der Waals surface area contributed by atoms with Crippen molar-refractivity contribution >= 4 is 5.69 Å². The third-order valence-electron chi connectivity index (χ3n) is 3.82. The molecule has 22 heavy (non-hydrogen) atoms. The van der Waals surface area contributed by atoms with Gasteiger partial charge in [0.25, 0.3) is 0 Å². The molecule has 0 radical (unpaired) electrons. The lowest BCUT2D eigenvalue weighted by atomic mass is 10.2. The van der Waals surface area contributed by atoms with Gasteiger partial charge in [0.1, 0.15) is 5.75 Å². The second-order valence-corrected chi connectivity index (χ2v) is 5.47. The van der Waals surface area contributed by atoms with Crippen LogP contribution in [0.3, 0.4) is 0 Å². The molecule has 1 N–H and O–H groups in total. The summed E-state index contributed by atoms with van der Waals surface area (Å²) in [6.45, 7) is 8.93. The zero-order chi connectivity index (χ0) is 15.8. The molecule has 0 aromatic heterocycles. The van der Waals surface area contributed by atoms with E-state index in [1.807, 2.05) is 12.1 Å². The van der Waals surface area contributed by atoms with Crippen LogP contribution in [0.2, 0.25) is 0 Å². The highest BCUT2D eigenvalue weighted by Gasteiger charge is 2.19. The number of hydrogen-bond acceptors (Lipinski definition) is 5. The lowest BCUT2D eigenvalue weighted by Gasteiger charge is -2.36. The van der Waals surface area contributed by atoms with Gasteiger partial charge in [-0.25, -0.2) is 0 Å². The van der Waals surface area contributed by atoms with Crippen molar-refractivity contribution in [3.05, 3.63) is 36.9 Å². The zero-order valence-electron chi connectivity index (χ0n) is 13.3. The van der Waals surface area contributed by atoms with Crippen LogP contribution in [-0.4, -0.2) is 69.2 Å². The molecule has 1 aliphatic heterocycles. The van der Waals surface area contributed by atoms with E-state index in [9.17, 15) is 5.11 Å². The van der Waals surface area contributed by atoms with Gasteiger partial charge in [0, 0.05) is 38.4 Å². The molecule has 0 saturated carbocycles. The van der Waals surface area contributed by atoms with Crippen LogP contribution in [0.1, 0.15) is 0 Å². The second-order valence-electron chi connectivity index (χ2n) is 5.47. The molecule has 1 heterocycles. The number of ether oxygens (including phenoxy) is 2. The van der Waals surface area contributed by atoms with Crippen LogP contribution in [0.4, 0.5) is 5.69 Å². The topological polar surface area (TPSA) is 45.2 Å². The molecule has 2 rings (SSSR count). The van der Waals surface area contributed by atoms with Gasteiger partial charge in [-0.1, -0.05) is 6.08 Å². The molecule has 1 fully saturated rings. The Balaban J connectivity index is 1.73. The first-order valence-electron chi connectivity index (χ1n) is 7.71. The molecule has 122 valence electrons. The molecule has 0 bridgehead atoms. The van der Waals surface area contributed by atoms with Gasteiger partial charge in [-0.3, -0.25) is 4.90 Å². The first-order valence-corrected chi connectivity index (χ1v) is 7.71. The molecular weight excluding hydrogens is 280 g/mol. The van der Waals surface area contributed by atoms with E-state index < -0.39 is 6.10 Å². The van der Waals surface area contributed by atoms with Crippen LogP contribution in [0.15, 0.2) is 36.9 Å². The summed E-state index contributed by atoms with van der Waals surface area (Å²) in [7, 11) is 1.68. The summed E-state index contributed by atoms with van der Waals surface area (Å²) in [4.78, 5) is 4.64. The minimum atomic E-state index is -0.438. The van der Waals surface area contributed by atoms with E-state index in [4.69, 9.17) is 9.47 Å². The van der Waals surface area contributed by atoms with Crippen LogP contribution in [0, 0.1) is 0 Å². The highest BCUT2D eigenvalue weighted by Crippen LogP contribution is 2.20. The Morgan fingerprint density at radius 3 is 2.50 bits per heavy atom. The van der Waals surface area contributed by atoms with Crippen molar-refractivity contribution in [2.24, 2.45) is 0 Å². The van der Waals surface area contributed by atoms with Gasteiger partial charge in [-0.2, -0.15) is 0 Å². The van der Waals surface area contributed by atoms with Crippen molar-refractivity contribution < 1.29 is 14.6 Å². The van der Waals surface area contributed by atoms with E-state index >= 15 is 0 Å². The SMILES string of the molecule is C=CCOCC(O)CN1CCN(c2ccc(OC)cc2)CC1. The average Bonchev–Trinajstić information content (AvgIpc) is 2.56. The van der Waals surface area contributed by atoms with Crippen LogP contribution < -0.4 is 9.64 Å². The van der Waals surface area contributed by atoms with Crippen LogP contribution in [0.5, 0.6) is 5.75 Å². The number of rotatable bonds is 8. The first kappa shape index (κ1) is 16.8. The Bertz CT molecular complexity index is 442. The molecule has 5 nitrogen and oxygen atoms in total. The molecule has 0 aliphatic carbocycles. The molecule has 1 aromatic rings. The fourth-order valence-electron chi connectivity index (χ4n) is 2.62. The summed E-state index contributed by atoms with van der Waals surface area (Å²) in [5, 5.41) is 9.94. The van der Waals surface area contributed by atoms with Gasteiger partial charge in [-0.15, -0.1) is 6.58 Å². The fourth-order valence-corrected chi connectivity index (χ4v) is 2.62. The van der Waals surface area contributed by atoms with Gasteiger partial charge in [0.15, 0.2) is 0 Å². The third-order valence-corrected chi connectivity index (χ3v) is 3.82. The lowest BCUT2D eigenvalue weighted by Crippen LogP contribution is -2.49. The van der Waals surface area contributed by atoms with E-state index in [2.05, 4.69) is 28.5 Å². The molecular formula is C17H26N2O3. The van der Waals surface area contributed by atoms with E-state index in [-0.39, 0.29) is 0 Å². The molecule has 1 saturated heterocycles. The maximum absolute atomic E-state index is 9.94. The zero-order valence-corrected chi connectivity index (χ0v) is 13.3. The lowest BCUT2D eigenvalue weighted by molar-refractivity contribution is 0.0252. The Morgan fingerprint density at radius 1 is 1.23 bits per heavy atom. The normalized spacial score (nSPS) is 17.3. The molecule has 5 heteroatoms. The molecule has 0 amide bonds. The van der Waals surface area contributed by atoms with Crippen LogP contribution in [0.25, 0.3) is 0 Å². The molecule has 1 aliphatic rings. The minimum absolute atomic E-state index is 0.366. The quantitative estimate of drug-likeness (QED) is 0.581. The van der Waals surface area contributed by atoms with E-state index in [0.717, 1.165) is 31.9 Å². The number of anilines is 1. The largest absolute Gasteiger partial charge is 0.497 e. The standard InChI is InChI=1S/C17H26N2O3/c1-3-12-22-14-16(20)13-18-8-10-19(11-9-18)15-4-6-17(21-2)7-5-15/h3-7,16,20H,1,8-14H2,2H3. The Labute approximate surface area is 132 Å². The number of β-amino-alcohol motifs (C(OH)–C–C–N with tert-alkyl or cyclic N) is 1. The monoisotopic (exact) mass is 306 g/mol. The Morgan fingerprint density at radius 2 is 1.91 bits per heavy atom. The highest BCUT2D eigenvalue weighted by atomic mass is 16.5. The van der Waals surface area contributed by atoms with Gasteiger partial charge < -0.3 is 19.5 Å². The minimum Gasteiger partial charge on any atom is -0.497 e. The predicted octanol–water partition coefficient (Wildman–Crippen LogP) is 1.38. The molecule has 1 atom stereocenters. The number of aliphatic hydroxyl groups excluding tert-OH is 1. The van der Waals surface area contributed by atoms with Crippen molar-refractivity contribution in [1.82, 2.24) is 4.90 Å². The Hall–Kier alpha value is -1.56. The van der Waals surface area contributed by atoms with Crippen molar-refractivity contribution in [3.63, 3.8) is 0 Å². The third kappa shape index (κ3) is 5.02. The number of piperazine rings is 1. The first-order chi connectivity index (χ1) is 10.7. The van der Waals surface area contributed by atoms with E-state index in [1.54, 1.807) is 13.2 Å². The number of aliphatic hydroxyl groups is 1. The summed E-state index contributed by atoms with van der Waals surface area (Å²) in [6, 6.07) is 8.16. The van der Waals surface area contributed by atoms with Gasteiger partial charge >= 0.3 is 0 Å². The predicted molar refractivity (Wildman–Crippen MR) is 88.7 cm³/mol. The van der Waals surface area contributed by atoms with Crippen molar-refractivity contribution in [2.75, 3.05) is 57.9 Å². The molecule has 0 spiro atoms. The number of benzene rings is 1. The maximum Gasteiger partial charge on any atom is 0.119 e. The molecule has 1 aromatic carbocycles. The summed E-state index contributed by atoms with van der Waals surface area (Å²) >= 11 is 0. The van der Waals surface area contributed by atoms with Gasteiger partial charge in [0.05, 0.1) is 26.4 Å². The van der Waals surface area contributed by atoms with Crippen LogP contribution in [-0.2, 0) is 4.74 Å². The summed E-state index contributed by atoms with van der Waals surface area (Å²) in [5.41, 5.74) is 1.22. The average molecular weight is 306 g/mol. The van der Waals surface area contributed by atoms with E-state index in [0.29, 0.717) is 19.8 Å². The second kappa shape index (κ2) is 8.78. The number of hydrogen-bond donors (Lipinski definition) is 1. The summed E-state index contributed by atoms with van der Waals surface area (Å²) in [5.74, 6) is 0.880. The van der Waals surface area contributed by atoms with E-state index in [1.165, 1.54) is 5.69 Å². The van der Waals surface area contributed by atoms with Crippen molar-refractivity contribution in [3.8, 4) is 5.75 Å². The van der Waals surface area contributed by atoms with Gasteiger partial charge in [0.2, 0.25) is 0 Å². The highest BCUT2D eigenvalue weighted by molar-refractivity contribution is 5.49.